The van der Waals surface area contributed by atoms with Crippen LogP contribution in [0.15, 0.2) is 77.7 Å². The minimum Gasteiger partial charge on any atom is -0.494 e. The van der Waals surface area contributed by atoms with Crippen LogP contribution in [0.3, 0.4) is 0 Å². The molecule has 0 radical (unpaired) electrons. The topological polar surface area (TPSA) is 64.6 Å². The van der Waals surface area contributed by atoms with Crippen molar-refractivity contribution in [3.8, 4) is 11.5 Å². The summed E-state index contributed by atoms with van der Waals surface area (Å²) in [7, 11) is -2.21. The van der Waals surface area contributed by atoms with Crippen molar-refractivity contribution in [3.63, 3.8) is 0 Å². The van der Waals surface area contributed by atoms with Crippen LogP contribution in [0.1, 0.15) is 30.1 Å². The standard InChI is InChI=1S/C22H21NO4S/c1-15-18-13-19(23-28(24,25)17-11-7-4-8-12-17)21(26-2)14-20(18)27-22(15)16-9-5-3-6-10-16/h3-15,22-23H,1-2H3/t15-,22-/m0/s1. The lowest BCUT2D eigenvalue weighted by Crippen LogP contribution is -2.13. The number of sulfonamides is 1. The van der Waals surface area contributed by atoms with Gasteiger partial charge in [0.15, 0.2) is 0 Å². The molecule has 0 spiro atoms. The Hall–Kier alpha value is -2.99. The number of fused-ring (bicyclic) bond motifs is 1. The Morgan fingerprint density at radius 2 is 1.61 bits per heavy atom. The van der Waals surface area contributed by atoms with E-state index in [4.69, 9.17) is 9.47 Å². The van der Waals surface area contributed by atoms with Crippen molar-refractivity contribution in [3.05, 3.63) is 83.9 Å². The normalized spacial score (nSPS) is 18.2. The van der Waals surface area contributed by atoms with Gasteiger partial charge in [0.25, 0.3) is 10.0 Å². The molecule has 0 aromatic heterocycles. The van der Waals surface area contributed by atoms with E-state index in [2.05, 4.69) is 11.6 Å². The highest BCUT2D eigenvalue weighted by Gasteiger charge is 2.34. The second kappa shape index (κ2) is 7.20. The highest BCUT2D eigenvalue weighted by molar-refractivity contribution is 7.92. The number of ether oxygens (including phenoxy) is 2. The summed E-state index contributed by atoms with van der Waals surface area (Å²) in [6, 6.07) is 21.8. The van der Waals surface area contributed by atoms with Gasteiger partial charge < -0.3 is 9.47 Å². The van der Waals surface area contributed by atoms with E-state index >= 15 is 0 Å². The summed E-state index contributed by atoms with van der Waals surface area (Å²) in [6.07, 6.45) is -0.123. The van der Waals surface area contributed by atoms with Gasteiger partial charge in [-0.2, -0.15) is 0 Å². The zero-order valence-corrected chi connectivity index (χ0v) is 16.4. The summed E-state index contributed by atoms with van der Waals surface area (Å²) in [5, 5.41) is 0. The number of hydrogen-bond acceptors (Lipinski definition) is 4. The Bertz CT molecular complexity index is 1080. The number of nitrogens with one attached hydrogen (secondary N) is 1. The van der Waals surface area contributed by atoms with Gasteiger partial charge in [-0.3, -0.25) is 4.72 Å². The van der Waals surface area contributed by atoms with Crippen molar-refractivity contribution >= 4 is 15.7 Å². The maximum atomic E-state index is 12.7. The molecule has 0 amide bonds. The molecule has 1 aliphatic heterocycles. The molecule has 3 aromatic carbocycles. The van der Waals surface area contributed by atoms with Crippen LogP contribution in [0.5, 0.6) is 11.5 Å². The lowest BCUT2D eigenvalue weighted by molar-refractivity contribution is 0.215. The molecule has 0 aliphatic carbocycles. The van der Waals surface area contributed by atoms with Crippen molar-refractivity contribution in [2.75, 3.05) is 11.8 Å². The zero-order chi connectivity index (χ0) is 19.7. The van der Waals surface area contributed by atoms with Crippen LogP contribution in [-0.4, -0.2) is 15.5 Å². The molecule has 1 N–H and O–H groups in total. The van der Waals surface area contributed by atoms with E-state index in [1.165, 1.54) is 7.11 Å². The zero-order valence-electron chi connectivity index (χ0n) is 15.6. The summed E-state index contributed by atoms with van der Waals surface area (Å²) < 4.78 is 39.7. The van der Waals surface area contributed by atoms with Gasteiger partial charge >= 0.3 is 0 Å². The molecule has 2 atom stereocenters. The number of benzene rings is 3. The fourth-order valence-corrected chi connectivity index (χ4v) is 4.57. The Kier molecular flexibility index (Phi) is 4.73. The third kappa shape index (κ3) is 3.31. The molecule has 6 heteroatoms. The van der Waals surface area contributed by atoms with Gasteiger partial charge in [0, 0.05) is 17.5 Å². The summed E-state index contributed by atoms with van der Waals surface area (Å²) in [6.45, 7) is 2.07. The predicted molar refractivity (Wildman–Crippen MR) is 108 cm³/mol. The number of hydrogen-bond donors (Lipinski definition) is 1. The number of anilines is 1. The van der Waals surface area contributed by atoms with E-state index in [-0.39, 0.29) is 16.9 Å². The first-order valence-electron chi connectivity index (χ1n) is 9.01. The van der Waals surface area contributed by atoms with Gasteiger partial charge in [0.1, 0.15) is 17.6 Å². The second-order valence-corrected chi connectivity index (χ2v) is 8.43. The van der Waals surface area contributed by atoms with Gasteiger partial charge in [-0.1, -0.05) is 55.5 Å². The monoisotopic (exact) mass is 395 g/mol. The molecule has 0 saturated heterocycles. The summed E-state index contributed by atoms with van der Waals surface area (Å²) >= 11 is 0. The lowest BCUT2D eigenvalue weighted by Gasteiger charge is -2.15. The fourth-order valence-electron chi connectivity index (χ4n) is 3.49. The van der Waals surface area contributed by atoms with E-state index in [9.17, 15) is 8.42 Å². The molecule has 0 unspecified atom stereocenters. The maximum Gasteiger partial charge on any atom is 0.262 e. The van der Waals surface area contributed by atoms with Gasteiger partial charge in [-0.05, 0) is 23.8 Å². The van der Waals surface area contributed by atoms with Crippen molar-refractivity contribution in [2.45, 2.75) is 23.8 Å². The number of rotatable bonds is 5. The van der Waals surface area contributed by atoms with Crippen LogP contribution in [0, 0.1) is 0 Å². The van der Waals surface area contributed by atoms with E-state index in [1.807, 2.05) is 36.4 Å². The van der Waals surface area contributed by atoms with Crippen molar-refractivity contribution in [1.29, 1.82) is 0 Å². The summed E-state index contributed by atoms with van der Waals surface area (Å²) in [4.78, 5) is 0.198. The Balaban J connectivity index is 1.70. The van der Waals surface area contributed by atoms with Crippen LogP contribution in [-0.2, 0) is 10.0 Å². The SMILES string of the molecule is COc1cc2c(cc1NS(=O)(=O)c1ccccc1)[C@H](C)[C@@H](c1ccccc1)O2. The minimum atomic E-state index is -3.72. The summed E-state index contributed by atoms with van der Waals surface area (Å²) in [5.74, 6) is 1.20. The van der Waals surface area contributed by atoms with Gasteiger partial charge in [-0.25, -0.2) is 8.42 Å². The van der Waals surface area contributed by atoms with Crippen LogP contribution in [0.4, 0.5) is 5.69 Å². The Morgan fingerprint density at radius 1 is 0.964 bits per heavy atom. The van der Waals surface area contributed by atoms with Crippen molar-refractivity contribution in [1.82, 2.24) is 0 Å². The van der Waals surface area contributed by atoms with Crippen LogP contribution in [0.2, 0.25) is 0 Å². The molecule has 3 aromatic rings. The highest BCUT2D eigenvalue weighted by atomic mass is 32.2. The molecular formula is C22H21NO4S. The molecule has 5 nitrogen and oxygen atoms in total. The predicted octanol–water partition coefficient (Wildman–Crippen LogP) is 4.73. The molecule has 0 bridgehead atoms. The fraction of sp³-hybridized carbons (Fsp3) is 0.182. The second-order valence-electron chi connectivity index (χ2n) is 6.75. The average molecular weight is 395 g/mol. The molecule has 0 fully saturated rings. The van der Waals surface area contributed by atoms with Gasteiger partial charge in [0.2, 0.25) is 0 Å². The van der Waals surface area contributed by atoms with Crippen LogP contribution >= 0.6 is 0 Å². The van der Waals surface area contributed by atoms with E-state index < -0.39 is 10.0 Å². The van der Waals surface area contributed by atoms with Crippen LogP contribution < -0.4 is 14.2 Å². The Labute approximate surface area is 165 Å². The molecule has 28 heavy (non-hydrogen) atoms. The number of methoxy groups -OCH3 is 1. The summed E-state index contributed by atoms with van der Waals surface area (Å²) in [5.41, 5.74) is 2.42. The molecule has 144 valence electrons. The first-order valence-corrected chi connectivity index (χ1v) is 10.5. The van der Waals surface area contributed by atoms with E-state index in [1.54, 1.807) is 36.4 Å². The van der Waals surface area contributed by atoms with Crippen molar-refractivity contribution in [2.24, 2.45) is 0 Å². The minimum absolute atomic E-state index is 0.0725. The first kappa shape index (κ1) is 18.4. The van der Waals surface area contributed by atoms with Gasteiger partial charge in [0.05, 0.1) is 17.7 Å². The molecule has 4 rings (SSSR count). The van der Waals surface area contributed by atoms with Crippen molar-refractivity contribution < 1.29 is 17.9 Å². The first-order chi connectivity index (χ1) is 13.5. The third-order valence-corrected chi connectivity index (χ3v) is 6.34. The van der Waals surface area contributed by atoms with E-state index in [0.29, 0.717) is 17.2 Å². The lowest BCUT2D eigenvalue weighted by atomic mass is 9.92. The molecule has 0 saturated carbocycles. The van der Waals surface area contributed by atoms with Crippen LogP contribution in [0.25, 0.3) is 0 Å². The largest absolute Gasteiger partial charge is 0.494 e. The quantitative estimate of drug-likeness (QED) is 0.678. The molecule has 1 aliphatic rings. The smallest absolute Gasteiger partial charge is 0.262 e. The Morgan fingerprint density at radius 3 is 2.25 bits per heavy atom. The average Bonchev–Trinajstić information content (AvgIpc) is 3.04. The molecule has 1 heterocycles. The highest BCUT2D eigenvalue weighted by Crippen LogP contribution is 2.49. The van der Waals surface area contributed by atoms with Gasteiger partial charge in [-0.15, -0.1) is 0 Å². The maximum absolute atomic E-state index is 12.7. The third-order valence-electron chi connectivity index (χ3n) is 4.96. The molecular weight excluding hydrogens is 374 g/mol. The van der Waals surface area contributed by atoms with E-state index in [0.717, 1.165) is 11.1 Å².